The number of nitrogens with zero attached hydrogens (tertiary/aromatic N) is 2. The van der Waals surface area contributed by atoms with Crippen molar-refractivity contribution < 1.29 is 22.8 Å². The van der Waals surface area contributed by atoms with E-state index >= 15 is 0 Å². The molecule has 2 aromatic carbocycles. The maximum absolute atomic E-state index is 12.8. The molecule has 0 saturated heterocycles. The first kappa shape index (κ1) is 22.0. The number of amides is 1. The first-order valence-electron chi connectivity index (χ1n) is 9.97. The zero-order chi connectivity index (χ0) is 22.4. The molecule has 1 aromatic heterocycles. The number of hydrogen-bond acceptors (Lipinski definition) is 8. The molecule has 1 aliphatic carbocycles. The van der Waals surface area contributed by atoms with E-state index in [1.54, 1.807) is 23.7 Å². The van der Waals surface area contributed by atoms with Gasteiger partial charge in [0.05, 0.1) is 10.1 Å². The Morgan fingerprint density at radius 1 is 1.09 bits per heavy atom. The van der Waals surface area contributed by atoms with Gasteiger partial charge in [0.25, 0.3) is 5.91 Å². The van der Waals surface area contributed by atoms with Crippen molar-refractivity contribution >= 4 is 37.9 Å². The van der Waals surface area contributed by atoms with Crippen LogP contribution in [0, 0.1) is 0 Å². The van der Waals surface area contributed by atoms with Crippen LogP contribution in [0.4, 0.5) is 5.13 Å². The highest BCUT2D eigenvalue weighted by molar-refractivity contribution is 7.92. The van der Waals surface area contributed by atoms with E-state index in [-0.39, 0.29) is 29.1 Å². The molecule has 0 unspecified atom stereocenters. The monoisotopic (exact) mass is 471 g/mol. The average molecular weight is 472 g/mol. The Labute approximate surface area is 189 Å². The van der Waals surface area contributed by atoms with Gasteiger partial charge in [-0.3, -0.25) is 10.1 Å². The highest BCUT2D eigenvalue weighted by atomic mass is 32.2. The lowest BCUT2D eigenvalue weighted by atomic mass is 10.1. The number of thiazole rings is 1. The molecular formula is C22H21N3O5S2. The van der Waals surface area contributed by atoms with Crippen molar-refractivity contribution in [1.29, 1.82) is 0 Å². The van der Waals surface area contributed by atoms with E-state index in [0.717, 1.165) is 0 Å². The second-order valence-corrected chi connectivity index (χ2v) is 10.1. The van der Waals surface area contributed by atoms with Gasteiger partial charge in [-0.1, -0.05) is 35.5 Å². The van der Waals surface area contributed by atoms with Crippen LogP contribution in [-0.4, -0.2) is 43.5 Å². The number of hydrogen-bond donors (Lipinski definition) is 1. The van der Waals surface area contributed by atoms with Crippen LogP contribution in [0.25, 0.3) is 0 Å². The van der Waals surface area contributed by atoms with Gasteiger partial charge in [0, 0.05) is 17.1 Å². The zero-order valence-electron chi connectivity index (χ0n) is 17.0. The number of oxime groups is 1. The minimum Gasteiger partial charge on any atom is -0.490 e. The lowest BCUT2D eigenvalue weighted by Crippen LogP contribution is -2.24. The van der Waals surface area contributed by atoms with Crippen molar-refractivity contribution in [3.63, 3.8) is 0 Å². The van der Waals surface area contributed by atoms with Crippen molar-refractivity contribution in [3.05, 3.63) is 71.7 Å². The summed E-state index contributed by atoms with van der Waals surface area (Å²) in [4.78, 5) is 22.4. The summed E-state index contributed by atoms with van der Waals surface area (Å²) in [5.41, 5.74) is 0.438. The summed E-state index contributed by atoms with van der Waals surface area (Å²) in [6.07, 6.45) is 2.95. The largest absolute Gasteiger partial charge is 0.490 e. The molecule has 0 spiro atoms. The third-order valence-electron chi connectivity index (χ3n) is 4.63. The average Bonchev–Trinajstić information content (AvgIpc) is 3.56. The summed E-state index contributed by atoms with van der Waals surface area (Å²) in [5.74, 6) is 0.191. The van der Waals surface area contributed by atoms with Crippen LogP contribution in [-0.2, 0) is 19.5 Å². The van der Waals surface area contributed by atoms with Crippen molar-refractivity contribution in [2.24, 2.45) is 5.16 Å². The fraction of sp³-hybridized carbons (Fsp3) is 0.227. The summed E-state index contributed by atoms with van der Waals surface area (Å²) >= 11 is 1.27. The lowest BCUT2D eigenvalue weighted by Gasteiger charge is -2.09. The summed E-state index contributed by atoms with van der Waals surface area (Å²) in [6.45, 7) is 0.366. The van der Waals surface area contributed by atoms with Gasteiger partial charge < -0.3 is 9.57 Å². The Morgan fingerprint density at radius 2 is 1.84 bits per heavy atom. The molecule has 1 heterocycles. The fourth-order valence-corrected chi connectivity index (χ4v) is 5.04. The van der Waals surface area contributed by atoms with Crippen molar-refractivity contribution in [2.75, 3.05) is 18.5 Å². The summed E-state index contributed by atoms with van der Waals surface area (Å²) in [7, 11) is -3.32. The Kier molecular flexibility index (Phi) is 6.81. The number of carbonyl (C=O) groups excluding carboxylic acids is 1. The maximum Gasteiger partial charge on any atom is 0.280 e. The van der Waals surface area contributed by atoms with Gasteiger partial charge in [-0.15, -0.1) is 11.3 Å². The van der Waals surface area contributed by atoms with E-state index in [1.165, 1.54) is 23.5 Å². The Bertz CT molecular complexity index is 1170. The number of rotatable bonds is 10. The van der Waals surface area contributed by atoms with Crippen molar-refractivity contribution in [1.82, 2.24) is 4.98 Å². The van der Waals surface area contributed by atoms with Crippen LogP contribution < -0.4 is 10.1 Å². The normalized spacial score (nSPS) is 14.1. The van der Waals surface area contributed by atoms with Crippen molar-refractivity contribution in [3.8, 4) is 5.75 Å². The molecule has 10 heteroatoms. The number of anilines is 1. The number of aromatic nitrogens is 1. The third-order valence-corrected chi connectivity index (χ3v) is 7.60. The van der Waals surface area contributed by atoms with E-state index in [1.807, 2.05) is 30.3 Å². The van der Waals surface area contributed by atoms with Gasteiger partial charge in [0.2, 0.25) is 0 Å². The molecule has 0 aliphatic heterocycles. The first-order chi connectivity index (χ1) is 15.5. The topological polar surface area (TPSA) is 107 Å². The van der Waals surface area contributed by atoms with Crippen LogP contribution >= 0.6 is 11.3 Å². The number of para-hydroxylation sites is 1. The fourth-order valence-electron chi connectivity index (χ4n) is 2.86. The van der Waals surface area contributed by atoms with E-state index in [4.69, 9.17) is 9.57 Å². The van der Waals surface area contributed by atoms with Crippen LogP contribution in [0.1, 0.15) is 18.4 Å². The van der Waals surface area contributed by atoms with Crippen molar-refractivity contribution in [2.45, 2.75) is 23.0 Å². The zero-order valence-corrected chi connectivity index (χ0v) is 18.6. The lowest BCUT2D eigenvalue weighted by molar-refractivity contribution is -0.110. The summed E-state index contributed by atoms with van der Waals surface area (Å²) < 4.78 is 30.4. The smallest absolute Gasteiger partial charge is 0.280 e. The number of ether oxygens (including phenoxy) is 1. The van der Waals surface area contributed by atoms with E-state index < -0.39 is 15.7 Å². The molecule has 32 heavy (non-hydrogen) atoms. The maximum atomic E-state index is 12.8. The molecule has 0 atom stereocenters. The molecule has 4 rings (SSSR count). The van der Waals surface area contributed by atoms with E-state index in [2.05, 4.69) is 15.5 Å². The molecule has 3 aromatic rings. The van der Waals surface area contributed by atoms with Gasteiger partial charge >= 0.3 is 0 Å². The number of carbonyl (C=O) groups is 1. The van der Waals surface area contributed by atoms with Crippen LogP contribution in [0.5, 0.6) is 5.75 Å². The van der Waals surface area contributed by atoms with Gasteiger partial charge in [-0.2, -0.15) is 0 Å². The molecule has 0 bridgehead atoms. The molecule has 1 saturated carbocycles. The molecule has 1 N–H and O–H groups in total. The van der Waals surface area contributed by atoms with Gasteiger partial charge in [-0.25, -0.2) is 13.4 Å². The third kappa shape index (κ3) is 5.51. The minimum atomic E-state index is -3.32. The predicted octanol–water partition coefficient (Wildman–Crippen LogP) is 3.52. The van der Waals surface area contributed by atoms with E-state index in [9.17, 15) is 13.2 Å². The van der Waals surface area contributed by atoms with Gasteiger partial charge in [0.1, 0.15) is 12.4 Å². The Morgan fingerprint density at radius 3 is 2.50 bits per heavy atom. The van der Waals surface area contributed by atoms with Gasteiger partial charge in [-0.05, 0) is 37.1 Å². The molecule has 166 valence electrons. The predicted molar refractivity (Wildman–Crippen MR) is 122 cm³/mol. The van der Waals surface area contributed by atoms with Crippen LogP contribution in [0.15, 0.2) is 76.2 Å². The Hall–Kier alpha value is -3.24. The molecule has 1 fully saturated rings. The van der Waals surface area contributed by atoms with Crippen LogP contribution in [0.2, 0.25) is 0 Å². The number of benzene rings is 2. The number of nitrogens with one attached hydrogen (secondary N) is 1. The first-order valence-corrected chi connectivity index (χ1v) is 12.4. The Balaban J connectivity index is 1.46. The second kappa shape index (κ2) is 9.92. The SMILES string of the molecule is O=C(Nc1nccs1)C(=NOCCOc1ccccc1)c1ccc(S(=O)(=O)C2CC2)cc1. The highest BCUT2D eigenvalue weighted by Crippen LogP contribution is 2.33. The highest BCUT2D eigenvalue weighted by Gasteiger charge is 2.36. The quantitative estimate of drug-likeness (QED) is 0.275. The molecular weight excluding hydrogens is 450 g/mol. The summed E-state index contributed by atoms with van der Waals surface area (Å²) in [6, 6.07) is 15.4. The van der Waals surface area contributed by atoms with E-state index in [0.29, 0.717) is 29.3 Å². The molecule has 1 amide bonds. The molecule has 8 nitrogen and oxygen atoms in total. The number of sulfone groups is 1. The standard InChI is InChI=1S/C22H21N3O5S2/c26-21(24-22-23-12-15-31-22)20(25-30-14-13-29-17-4-2-1-3-5-17)16-6-8-18(9-7-16)32(27,28)19-10-11-19/h1-9,12,15,19H,10-11,13-14H2,(H,23,24,26). The minimum absolute atomic E-state index is 0.00952. The molecule has 1 aliphatic rings. The van der Waals surface area contributed by atoms with Gasteiger partial charge in [0.15, 0.2) is 27.3 Å². The summed E-state index contributed by atoms with van der Waals surface area (Å²) in [5, 5.41) is 8.52. The second-order valence-electron chi connectivity index (χ2n) is 6.99. The molecule has 0 radical (unpaired) electrons. The van der Waals surface area contributed by atoms with Crippen LogP contribution in [0.3, 0.4) is 0 Å².